The van der Waals surface area contributed by atoms with Crippen LogP contribution in [0.25, 0.3) is 0 Å². The third-order valence-corrected chi connectivity index (χ3v) is 1.56. The topological polar surface area (TPSA) is 44.8 Å². The van der Waals surface area contributed by atoms with Crippen LogP contribution in [0.2, 0.25) is 0 Å². The summed E-state index contributed by atoms with van der Waals surface area (Å²) >= 11 is 3.23. The van der Waals surface area contributed by atoms with Crippen molar-refractivity contribution in [2.45, 2.75) is 0 Å². The molecule has 0 aromatic rings. The van der Waals surface area contributed by atoms with Gasteiger partial charge in [0.25, 0.3) is 0 Å². The van der Waals surface area contributed by atoms with Gasteiger partial charge in [0.1, 0.15) is 6.61 Å². The molecule has 4 nitrogen and oxygen atoms in total. The molecular weight excluding hydrogens is 252 g/mol. The van der Waals surface area contributed by atoms with Crippen LogP contribution in [-0.2, 0) is 19.0 Å². The molecule has 0 aliphatic carbocycles. The second-order valence-corrected chi connectivity index (χ2v) is 3.08. The van der Waals surface area contributed by atoms with Crippen LogP contribution < -0.4 is 0 Å². The Balaban J connectivity index is 2.99. The SMILES string of the molecule is C=CC(=O)OCCOCCOCCBr. The van der Waals surface area contributed by atoms with E-state index in [0.29, 0.717) is 26.4 Å². The molecule has 0 unspecified atom stereocenters. The lowest BCUT2D eigenvalue weighted by Crippen LogP contribution is -2.11. The van der Waals surface area contributed by atoms with Gasteiger partial charge in [-0.25, -0.2) is 4.79 Å². The second kappa shape index (κ2) is 10.7. The minimum Gasteiger partial charge on any atom is -0.460 e. The third kappa shape index (κ3) is 9.70. The van der Waals surface area contributed by atoms with Crippen LogP contribution in [0.5, 0.6) is 0 Å². The zero-order chi connectivity index (χ0) is 10.6. The van der Waals surface area contributed by atoms with Crippen LogP contribution in [0.15, 0.2) is 12.7 Å². The number of hydrogen-bond acceptors (Lipinski definition) is 4. The van der Waals surface area contributed by atoms with E-state index in [9.17, 15) is 4.79 Å². The minimum atomic E-state index is -0.427. The van der Waals surface area contributed by atoms with Gasteiger partial charge in [-0.3, -0.25) is 0 Å². The lowest BCUT2D eigenvalue weighted by atomic mass is 10.6. The van der Waals surface area contributed by atoms with Crippen molar-refractivity contribution in [2.75, 3.05) is 38.4 Å². The fourth-order valence-electron chi connectivity index (χ4n) is 0.637. The van der Waals surface area contributed by atoms with Crippen LogP contribution in [0.4, 0.5) is 0 Å². The van der Waals surface area contributed by atoms with Crippen LogP contribution >= 0.6 is 15.9 Å². The summed E-state index contributed by atoms with van der Waals surface area (Å²) in [5.41, 5.74) is 0. The first kappa shape index (κ1) is 13.6. The van der Waals surface area contributed by atoms with Gasteiger partial charge in [-0.15, -0.1) is 0 Å². The molecule has 0 saturated heterocycles. The summed E-state index contributed by atoms with van der Waals surface area (Å²) in [6.45, 7) is 5.65. The molecule has 0 heterocycles. The number of halogens is 1. The normalized spacial score (nSPS) is 9.79. The van der Waals surface area contributed by atoms with Crippen molar-refractivity contribution >= 4 is 21.9 Å². The van der Waals surface area contributed by atoms with Gasteiger partial charge in [-0.2, -0.15) is 0 Å². The van der Waals surface area contributed by atoms with E-state index in [4.69, 9.17) is 9.47 Å². The molecule has 0 radical (unpaired) electrons. The van der Waals surface area contributed by atoms with E-state index in [-0.39, 0.29) is 6.61 Å². The summed E-state index contributed by atoms with van der Waals surface area (Å²) in [6.07, 6.45) is 1.12. The minimum absolute atomic E-state index is 0.253. The number of esters is 1. The highest BCUT2D eigenvalue weighted by Crippen LogP contribution is 1.84. The van der Waals surface area contributed by atoms with E-state index in [0.717, 1.165) is 11.4 Å². The Morgan fingerprint density at radius 2 is 1.71 bits per heavy atom. The van der Waals surface area contributed by atoms with Crippen molar-refractivity contribution in [2.24, 2.45) is 0 Å². The molecule has 0 N–H and O–H groups in total. The summed E-state index contributed by atoms with van der Waals surface area (Å²) in [5.74, 6) is -0.427. The molecular formula is C9H15BrO4. The largest absolute Gasteiger partial charge is 0.460 e. The summed E-state index contributed by atoms with van der Waals surface area (Å²) in [6, 6.07) is 0. The van der Waals surface area contributed by atoms with E-state index in [2.05, 4.69) is 27.2 Å². The molecule has 0 rings (SSSR count). The maximum Gasteiger partial charge on any atom is 0.330 e. The van der Waals surface area contributed by atoms with E-state index < -0.39 is 5.97 Å². The van der Waals surface area contributed by atoms with Crippen molar-refractivity contribution < 1.29 is 19.0 Å². The van der Waals surface area contributed by atoms with Crippen LogP contribution in [0, 0.1) is 0 Å². The fourth-order valence-corrected chi connectivity index (χ4v) is 0.866. The lowest BCUT2D eigenvalue weighted by Gasteiger charge is -2.04. The van der Waals surface area contributed by atoms with Crippen molar-refractivity contribution in [1.82, 2.24) is 0 Å². The van der Waals surface area contributed by atoms with Gasteiger partial charge in [-0.1, -0.05) is 22.5 Å². The molecule has 0 fully saturated rings. The Labute approximate surface area is 92.3 Å². The van der Waals surface area contributed by atoms with Crippen molar-refractivity contribution in [3.05, 3.63) is 12.7 Å². The number of rotatable bonds is 9. The highest BCUT2D eigenvalue weighted by Gasteiger charge is 1.94. The molecule has 82 valence electrons. The molecule has 0 aliphatic heterocycles. The highest BCUT2D eigenvalue weighted by atomic mass is 79.9. The van der Waals surface area contributed by atoms with Gasteiger partial charge in [0, 0.05) is 11.4 Å². The van der Waals surface area contributed by atoms with Gasteiger partial charge in [-0.05, 0) is 0 Å². The molecule has 0 aromatic heterocycles. The predicted octanol–water partition coefficient (Wildman–Crippen LogP) is 1.14. The van der Waals surface area contributed by atoms with E-state index in [1.807, 2.05) is 0 Å². The number of hydrogen-bond donors (Lipinski definition) is 0. The monoisotopic (exact) mass is 266 g/mol. The van der Waals surface area contributed by atoms with Crippen LogP contribution in [0.3, 0.4) is 0 Å². The van der Waals surface area contributed by atoms with E-state index in [1.165, 1.54) is 0 Å². The molecule has 0 amide bonds. The maximum atomic E-state index is 10.6. The quantitative estimate of drug-likeness (QED) is 0.272. The number of carbonyl (C=O) groups is 1. The molecule has 0 aliphatic rings. The Morgan fingerprint density at radius 3 is 2.29 bits per heavy atom. The summed E-state index contributed by atoms with van der Waals surface area (Å²) in [5, 5.41) is 0.823. The summed E-state index contributed by atoms with van der Waals surface area (Å²) in [4.78, 5) is 10.6. The molecule has 0 aromatic carbocycles. The molecule has 5 heteroatoms. The summed E-state index contributed by atoms with van der Waals surface area (Å²) < 4.78 is 14.9. The average Bonchev–Trinajstić information content (AvgIpc) is 2.21. The molecule has 0 atom stereocenters. The van der Waals surface area contributed by atoms with Gasteiger partial charge in [0.2, 0.25) is 0 Å². The fraction of sp³-hybridized carbons (Fsp3) is 0.667. The highest BCUT2D eigenvalue weighted by molar-refractivity contribution is 9.09. The molecule has 0 spiro atoms. The van der Waals surface area contributed by atoms with E-state index >= 15 is 0 Å². The zero-order valence-electron chi connectivity index (χ0n) is 8.04. The second-order valence-electron chi connectivity index (χ2n) is 2.29. The number of ether oxygens (including phenoxy) is 3. The Kier molecular flexibility index (Phi) is 10.4. The van der Waals surface area contributed by atoms with Crippen molar-refractivity contribution in [3.63, 3.8) is 0 Å². The summed E-state index contributed by atoms with van der Waals surface area (Å²) in [7, 11) is 0. The van der Waals surface area contributed by atoms with Gasteiger partial charge >= 0.3 is 5.97 Å². The molecule has 0 bridgehead atoms. The predicted molar refractivity (Wildman–Crippen MR) is 56.6 cm³/mol. The lowest BCUT2D eigenvalue weighted by molar-refractivity contribution is -0.139. The number of alkyl halides is 1. The molecule has 0 saturated carbocycles. The van der Waals surface area contributed by atoms with E-state index in [1.54, 1.807) is 0 Å². The Bertz CT molecular complexity index is 161. The average molecular weight is 267 g/mol. The third-order valence-electron chi connectivity index (χ3n) is 1.23. The molecule has 14 heavy (non-hydrogen) atoms. The van der Waals surface area contributed by atoms with Crippen LogP contribution in [-0.4, -0.2) is 44.3 Å². The van der Waals surface area contributed by atoms with Gasteiger partial charge in [0.15, 0.2) is 0 Å². The first-order valence-electron chi connectivity index (χ1n) is 4.32. The number of carbonyl (C=O) groups excluding carboxylic acids is 1. The van der Waals surface area contributed by atoms with Gasteiger partial charge in [0.05, 0.1) is 26.4 Å². The Morgan fingerprint density at radius 1 is 1.14 bits per heavy atom. The zero-order valence-corrected chi connectivity index (χ0v) is 9.62. The van der Waals surface area contributed by atoms with Gasteiger partial charge < -0.3 is 14.2 Å². The van der Waals surface area contributed by atoms with Crippen LogP contribution in [0.1, 0.15) is 0 Å². The first-order valence-corrected chi connectivity index (χ1v) is 5.44. The van der Waals surface area contributed by atoms with Crippen molar-refractivity contribution in [1.29, 1.82) is 0 Å². The first-order chi connectivity index (χ1) is 6.81. The standard InChI is InChI=1S/C9H15BrO4/c1-2-9(11)14-8-7-13-6-5-12-4-3-10/h2H,1,3-8H2. The van der Waals surface area contributed by atoms with Crippen molar-refractivity contribution in [3.8, 4) is 0 Å². The maximum absolute atomic E-state index is 10.6. The Hall–Kier alpha value is -0.390. The smallest absolute Gasteiger partial charge is 0.330 e.